The zero-order valence-corrected chi connectivity index (χ0v) is 18.6. The van der Waals surface area contributed by atoms with Gasteiger partial charge in [0.15, 0.2) is 5.82 Å². The van der Waals surface area contributed by atoms with Crippen LogP contribution in [0.1, 0.15) is 60.8 Å². The first-order chi connectivity index (χ1) is 14.3. The van der Waals surface area contributed by atoms with Gasteiger partial charge in [-0.05, 0) is 64.4 Å². The van der Waals surface area contributed by atoms with Gasteiger partial charge in [-0.25, -0.2) is 0 Å². The third kappa shape index (κ3) is 4.43. The van der Waals surface area contributed by atoms with Crippen LogP contribution in [0.2, 0.25) is 0 Å². The minimum Gasteiger partial charge on any atom is -0.375 e. The van der Waals surface area contributed by atoms with Crippen molar-refractivity contribution in [3.63, 3.8) is 0 Å². The van der Waals surface area contributed by atoms with Crippen LogP contribution in [-0.2, 0) is 29.4 Å². The molecule has 2 aromatic heterocycles. The number of hydrogen-bond donors (Lipinski definition) is 0. The largest absolute Gasteiger partial charge is 0.375 e. The second-order valence-corrected chi connectivity index (χ2v) is 8.98. The molecule has 2 fully saturated rings. The van der Waals surface area contributed by atoms with Crippen molar-refractivity contribution in [2.45, 2.75) is 71.3 Å². The van der Waals surface area contributed by atoms with E-state index in [9.17, 15) is 4.79 Å². The van der Waals surface area contributed by atoms with Gasteiger partial charge in [0.25, 0.3) is 0 Å². The first-order valence-electron chi connectivity index (χ1n) is 11.1. The topological polar surface area (TPSA) is 86.3 Å². The molecule has 2 aliphatic rings. The first kappa shape index (κ1) is 21.0. The van der Waals surface area contributed by atoms with Crippen LogP contribution < -0.4 is 0 Å². The number of piperidine rings is 1. The number of nitrogens with zero attached hydrogens (tertiary/aromatic N) is 5. The average Bonchev–Trinajstić information content (AvgIpc) is 3.23. The summed E-state index contributed by atoms with van der Waals surface area (Å²) in [6.07, 6.45) is 5.96. The van der Waals surface area contributed by atoms with Crippen molar-refractivity contribution < 1.29 is 14.1 Å². The fourth-order valence-electron chi connectivity index (χ4n) is 5.05. The van der Waals surface area contributed by atoms with E-state index >= 15 is 0 Å². The number of carbonyl (C=O) groups excluding carboxylic acids is 1. The molecule has 0 saturated carbocycles. The molecule has 4 rings (SSSR count). The van der Waals surface area contributed by atoms with Crippen LogP contribution in [0.3, 0.4) is 0 Å². The van der Waals surface area contributed by atoms with Crippen LogP contribution in [0, 0.1) is 26.7 Å². The summed E-state index contributed by atoms with van der Waals surface area (Å²) in [5, 5.41) is 8.36. The van der Waals surface area contributed by atoms with E-state index in [4.69, 9.17) is 9.26 Å². The molecule has 164 valence electrons. The Morgan fingerprint density at radius 1 is 1.23 bits per heavy atom. The molecular formula is C22H33N5O3. The lowest BCUT2D eigenvalue weighted by Gasteiger charge is -2.46. The zero-order chi connectivity index (χ0) is 21.3. The number of aromatic nitrogens is 4. The fraction of sp³-hybridized carbons (Fsp3) is 0.727. The lowest BCUT2D eigenvalue weighted by molar-refractivity contribution is -0.147. The van der Waals surface area contributed by atoms with Gasteiger partial charge in [0.05, 0.1) is 11.3 Å². The summed E-state index contributed by atoms with van der Waals surface area (Å²) in [6.45, 7) is 8.25. The van der Waals surface area contributed by atoms with E-state index < -0.39 is 0 Å². The molecule has 0 bridgehead atoms. The predicted octanol–water partition coefficient (Wildman–Crippen LogP) is 2.69. The van der Waals surface area contributed by atoms with Crippen molar-refractivity contribution in [2.75, 3.05) is 19.7 Å². The fourth-order valence-corrected chi connectivity index (χ4v) is 5.05. The van der Waals surface area contributed by atoms with E-state index in [-0.39, 0.29) is 11.5 Å². The lowest BCUT2D eigenvalue weighted by atomic mass is 9.78. The highest BCUT2D eigenvalue weighted by atomic mass is 16.5. The van der Waals surface area contributed by atoms with E-state index in [1.807, 2.05) is 30.5 Å². The maximum Gasteiger partial charge on any atom is 0.226 e. The molecule has 2 saturated heterocycles. The van der Waals surface area contributed by atoms with Gasteiger partial charge >= 0.3 is 0 Å². The summed E-state index contributed by atoms with van der Waals surface area (Å²) in [7, 11) is 1.95. The van der Waals surface area contributed by atoms with Crippen molar-refractivity contribution in [1.82, 2.24) is 24.8 Å². The Labute approximate surface area is 178 Å². The SMILES string of the molecule is Cc1noc(CC2CCOC3(CCN(C(=O)CCc4c(C)nn(C)c4C)CC3)C2)n1. The van der Waals surface area contributed by atoms with Gasteiger partial charge in [-0.3, -0.25) is 9.48 Å². The normalized spacial score (nSPS) is 21.3. The average molecular weight is 416 g/mol. The van der Waals surface area contributed by atoms with Gasteiger partial charge in [-0.15, -0.1) is 0 Å². The highest BCUT2D eigenvalue weighted by Gasteiger charge is 2.41. The minimum atomic E-state index is -0.106. The number of rotatable bonds is 5. The molecule has 1 spiro atoms. The van der Waals surface area contributed by atoms with E-state index in [0.717, 1.165) is 75.5 Å². The number of hydrogen-bond acceptors (Lipinski definition) is 6. The Bertz CT molecular complexity index is 895. The van der Waals surface area contributed by atoms with Gasteiger partial charge in [0.2, 0.25) is 11.8 Å². The van der Waals surface area contributed by atoms with Gasteiger partial charge in [-0.1, -0.05) is 5.16 Å². The Hall–Kier alpha value is -2.22. The summed E-state index contributed by atoms with van der Waals surface area (Å²) in [5.74, 6) is 2.15. The second-order valence-electron chi connectivity index (χ2n) is 8.98. The predicted molar refractivity (Wildman–Crippen MR) is 111 cm³/mol. The van der Waals surface area contributed by atoms with Crippen LogP contribution in [0.4, 0.5) is 0 Å². The van der Waals surface area contributed by atoms with Crippen LogP contribution >= 0.6 is 0 Å². The summed E-state index contributed by atoms with van der Waals surface area (Å²) in [4.78, 5) is 19.2. The molecular weight excluding hydrogens is 382 g/mol. The molecule has 2 aromatic rings. The van der Waals surface area contributed by atoms with Crippen molar-refractivity contribution in [3.8, 4) is 0 Å². The van der Waals surface area contributed by atoms with E-state index in [0.29, 0.717) is 18.2 Å². The molecule has 0 aromatic carbocycles. The van der Waals surface area contributed by atoms with E-state index in [1.165, 1.54) is 5.56 Å². The molecule has 1 atom stereocenters. The summed E-state index contributed by atoms with van der Waals surface area (Å²) in [6, 6.07) is 0. The van der Waals surface area contributed by atoms with E-state index in [2.05, 4.69) is 22.2 Å². The standard InChI is InChI=1S/C22H33N5O3/c1-15-19(16(2)26(4)24-15)5-6-21(28)27-10-8-22(9-11-27)14-18(7-12-29-22)13-20-23-17(3)25-30-20/h18H,5-14H2,1-4H3. The number of carbonyl (C=O) groups is 1. The summed E-state index contributed by atoms with van der Waals surface area (Å²) < 4.78 is 13.5. The minimum absolute atomic E-state index is 0.106. The monoisotopic (exact) mass is 415 g/mol. The molecule has 0 N–H and O–H groups in total. The highest BCUT2D eigenvalue weighted by Crippen LogP contribution is 2.38. The third-order valence-corrected chi connectivity index (χ3v) is 6.90. The molecule has 1 amide bonds. The molecule has 0 radical (unpaired) electrons. The van der Waals surface area contributed by atoms with Crippen LogP contribution in [0.5, 0.6) is 0 Å². The molecule has 0 aliphatic carbocycles. The molecule has 30 heavy (non-hydrogen) atoms. The molecule has 1 unspecified atom stereocenters. The number of ether oxygens (including phenoxy) is 1. The van der Waals surface area contributed by atoms with Crippen LogP contribution in [0.15, 0.2) is 4.52 Å². The molecule has 8 heteroatoms. The highest BCUT2D eigenvalue weighted by molar-refractivity contribution is 5.76. The maximum absolute atomic E-state index is 12.8. The maximum atomic E-state index is 12.8. The summed E-state index contributed by atoms with van der Waals surface area (Å²) >= 11 is 0. The van der Waals surface area contributed by atoms with Crippen molar-refractivity contribution >= 4 is 5.91 Å². The van der Waals surface area contributed by atoms with Crippen molar-refractivity contribution in [1.29, 1.82) is 0 Å². The Morgan fingerprint density at radius 3 is 2.63 bits per heavy atom. The first-order valence-corrected chi connectivity index (χ1v) is 11.1. The van der Waals surface area contributed by atoms with E-state index in [1.54, 1.807) is 0 Å². The third-order valence-electron chi connectivity index (χ3n) is 6.90. The Balaban J connectivity index is 1.28. The number of likely N-dealkylation sites (tertiary alicyclic amines) is 1. The molecule has 4 heterocycles. The number of amides is 1. The lowest BCUT2D eigenvalue weighted by Crippen LogP contribution is -2.51. The van der Waals surface area contributed by atoms with Gasteiger partial charge in [-0.2, -0.15) is 10.1 Å². The molecule has 8 nitrogen and oxygen atoms in total. The quantitative estimate of drug-likeness (QED) is 0.746. The van der Waals surface area contributed by atoms with Gasteiger partial charge in [0, 0.05) is 45.3 Å². The molecule has 2 aliphatic heterocycles. The van der Waals surface area contributed by atoms with Crippen LogP contribution in [-0.4, -0.2) is 56.0 Å². The second kappa shape index (κ2) is 8.49. The van der Waals surface area contributed by atoms with Crippen LogP contribution in [0.25, 0.3) is 0 Å². The van der Waals surface area contributed by atoms with Gasteiger partial charge < -0.3 is 14.2 Å². The van der Waals surface area contributed by atoms with Gasteiger partial charge in [0.1, 0.15) is 0 Å². The Kier molecular flexibility index (Phi) is 5.95. The Morgan fingerprint density at radius 2 is 2.00 bits per heavy atom. The van der Waals surface area contributed by atoms with Crippen molar-refractivity contribution in [2.24, 2.45) is 13.0 Å². The smallest absolute Gasteiger partial charge is 0.226 e. The number of aryl methyl sites for hydroxylation is 3. The summed E-state index contributed by atoms with van der Waals surface area (Å²) in [5.41, 5.74) is 3.27. The van der Waals surface area contributed by atoms with Crippen molar-refractivity contribution in [3.05, 3.63) is 28.7 Å². The zero-order valence-electron chi connectivity index (χ0n) is 18.6.